The number of hydrogen-bond acceptors (Lipinski definition) is 8. The largest absolute Gasteiger partial charge is 0.454 e. The third kappa shape index (κ3) is 6.78. The molecule has 36 heavy (non-hydrogen) atoms. The summed E-state index contributed by atoms with van der Waals surface area (Å²) in [7, 11) is 0. The van der Waals surface area contributed by atoms with E-state index in [4.69, 9.17) is 20.6 Å². The fourth-order valence-corrected chi connectivity index (χ4v) is 4.02. The van der Waals surface area contributed by atoms with Crippen molar-refractivity contribution in [3.63, 3.8) is 0 Å². The third-order valence-electron chi connectivity index (χ3n) is 6.00. The average Bonchev–Trinajstić information content (AvgIpc) is 3.34. The first-order valence-corrected chi connectivity index (χ1v) is 11.4. The molecule has 0 radical (unpaired) electrons. The van der Waals surface area contributed by atoms with Gasteiger partial charge in [-0.1, -0.05) is 18.2 Å². The number of aliphatic hydroxyl groups excluding tert-OH is 1. The van der Waals surface area contributed by atoms with Crippen LogP contribution in [0.4, 0.5) is 5.69 Å². The maximum atomic E-state index is 12.6. The molecule has 2 aromatic carbocycles. The standard InChI is InChI=1S/C24H30N6O5.ClH/c25-23(26)17-2-1-3-18(11-17)28-19(14-31)24(33)27-12-22(32)30-8-6-29(7-9-30)13-16-4-5-20-21(10-16)35-15-34-20;/h1-5,10-11,19,28,31H,6-9,12-15H2,(H3,25,26)(H,27,33);1H. The molecule has 6 N–H and O–H groups in total. The van der Waals surface area contributed by atoms with Gasteiger partial charge in [0.2, 0.25) is 18.6 Å². The molecule has 0 aliphatic carbocycles. The van der Waals surface area contributed by atoms with Crippen molar-refractivity contribution in [3.05, 3.63) is 53.6 Å². The van der Waals surface area contributed by atoms with E-state index in [0.29, 0.717) is 24.3 Å². The second-order valence-corrected chi connectivity index (χ2v) is 8.44. The molecule has 194 valence electrons. The number of anilines is 1. The number of halogens is 1. The van der Waals surface area contributed by atoms with Crippen molar-refractivity contribution in [3.8, 4) is 11.5 Å². The molecule has 1 fully saturated rings. The van der Waals surface area contributed by atoms with Crippen LogP contribution >= 0.6 is 12.4 Å². The molecule has 2 heterocycles. The zero-order valence-corrected chi connectivity index (χ0v) is 20.6. The van der Waals surface area contributed by atoms with Crippen LogP contribution in [0.2, 0.25) is 0 Å². The van der Waals surface area contributed by atoms with E-state index >= 15 is 0 Å². The number of amides is 2. The zero-order valence-electron chi connectivity index (χ0n) is 19.7. The number of aliphatic hydroxyl groups is 1. The molecule has 0 bridgehead atoms. The van der Waals surface area contributed by atoms with Gasteiger partial charge in [-0.3, -0.25) is 19.9 Å². The second kappa shape index (κ2) is 12.4. The fraction of sp³-hybridized carbons (Fsp3) is 0.375. The molecule has 1 unspecified atom stereocenters. The summed E-state index contributed by atoms with van der Waals surface area (Å²) in [6.45, 7) is 2.98. The fourth-order valence-electron chi connectivity index (χ4n) is 4.02. The molecular formula is C24H31ClN6O5. The molecule has 2 aromatic rings. The van der Waals surface area contributed by atoms with Gasteiger partial charge in [0.05, 0.1) is 13.2 Å². The van der Waals surface area contributed by atoms with E-state index in [0.717, 1.165) is 36.7 Å². The number of carbonyl (C=O) groups excluding carboxylic acids is 2. The third-order valence-corrected chi connectivity index (χ3v) is 6.00. The van der Waals surface area contributed by atoms with Crippen molar-refractivity contribution in [2.45, 2.75) is 12.6 Å². The van der Waals surface area contributed by atoms with Gasteiger partial charge in [0.1, 0.15) is 11.9 Å². The lowest BCUT2D eigenvalue weighted by atomic mass is 10.1. The number of ether oxygens (including phenoxy) is 2. The van der Waals surface area contributed by atoms with Crippen LogP contribution in [0.3, 0.4) is 0 Å². The summed E-state index contributed by atoms with van der Waals surface area (Å²) in [5.74, 6) is 0.760. The number of amidine groups is 1. The summed E-state index contributed by atoms with van der Waals surface area (Å²) in [6, 6.07) is 11.7. The average molecular weight is 519 g/mol. The highest BCUT2D eigenvalue weighted by atomic mass is 35.5. The number of benzene rings is 2. The molecule has 1 atom stereocenters. The minimum absolute atomic E-state index is 0. The first-order chi connectivity index (χ1) is 16.9. The molecule has 1 saturated heterocycles. The number of piperazine rings is 1. The van der Waals surface area contributed by atoms with Crippen molar-refractivity contribution < 1.29 is 24.2 Å². The molecule has 12 heteroatoms. The topological polar surface area (TPSA) is 153 Å². The zero-order chi connectivity index (χ0) is 24.8. The smallest absolute Gasteiger partial charge is 0.245 e. The van der Waals surface area contributed by atoms with Gasteiger partial charge in [0.15, 0.2) is 11.5 Å². The number of fused-ring (bicyclic) bond motifs is 1. The highest BCUT2D eigenvalue weighted by Crippen LogP contribution is 2.32. The van der Waals surface area contributed by atoms with E-state index in [-0.39, 0.29) is 37.5 Å². The Balaban J connectivity index is 0.00000361. The summed E-state index contributed by atoms with van der Waals surface area (Å²) >= 11 is 0. The van der Waals surface area contributed by atoms with Crippen LogP contribution < -0.4 is 25.8 Å². The number of nitrogens with two attached hydrogens (primary N) is 1. The lowest BCUT2D eigenvalue weighted by molar-refractivity contribution is -0.134. The molecular weight excluding hydrogens is 488 g/mol. The van der Waals surface area contributed by atoms with Crippen molar-refractivity contribution in [2.75, 3.05) is 51.4 Å². The van der Waals surface area contributed by atoms with E-state index in [1.165, 1.54) is 0 Å². The number of hydrogen-bond donors (Lipinski definition) is 5. The molecule has 2 amide bonds. The monoisotopic (exact) mass is 518 g/mol. The molecule has 2 aliphatic heterocycles. The predicted molar refractivity (Wildman–Crippen MR) is 137 cm³/mol. The van der Waals surface area contributed by atoms with Crippen LogP contribution in [0.15, 0.2) is 42.5 Å². The Labute approximate surface area is 215 Å². The SMILES string of the molecule is Cl.N=C(N)c1cccc(NC(CO)C(=O)NCC(=O)N2CCN(Cc3ccc4c(c3)OCO4)CC2)c1. The first kappa shape index (κ1) is 27.1. The molecule has 0 saturated carbocycles. The van der Waals surface area contributed by atoms with Crippen molar-refractivity contribution in [1.82, 2.24) is 15.1 Å². The lowest BCUT2D eigenvalue weighted by Crippen LogP contribution is -2.52. The van der Waals surface area contributed by atoms with E-state index < -0.39 is 18.6 Å². The summed E-state index contributed by atoms with van der Waals surface area (Å²) in [5.41, 5.74) is 7.66. The van der Waals surface area contributed by atoms with Crippen LogP contribution in [-0.2, 0) is 16.1 Å². The van der Waals surface area contributed by atoms with Crippen LogP contribution in [0.5, 0.6) is 11.5 Å². The maximum Gasteiger partial charge on any atom is 0.245 e. The van der Waals surface area contributed by atoms with Crippen molar-refractivity contribution >= 4 is 35.7 Å². The van der Waals surface area contributed by atoms with Crippen LogP contribution in [0.25, 0.3) is 0 Å². The predicted octanol–water partition coefficient (Wildman–Crippen LogP) is 0.355. The Bertz CT molecular complexity index is 1090. The van der Waals surface area contributed by atoms with Gasteiger partial charge < -0.3 is 35.8 Å². The quantitative estimate of drug-likeness (QED) is 0.235. The first-order valence-electron chi connectivity index (χ1n) is 11.4. The number of rotatable bonds is 9. The van der Waals surface area contributed by atoms with Gasteiger partial charge in [-0.2, -0.15) is 0 Å². The summed E-state index contributed by atoms with van der Waals surface area (Å²) in [4.78, 5) is 29.1. The number of carbonyl (C=O) groups is 2. The second-order valence-electron chi connectivity index (χ2n) is 8.44. The molecule has 11 nitrogen and oxygen atoms in total. The van der Waals surface area contributed by atoms with E-state index in [2.05, 4.69) is 15.5 Å². The Hall–Kier alpha value is -3.54. The molecule has 0 spiro atoms. The van der Waals surface area contributed by atoms with Gasteiger partial charge >= 0.3 is 0 Å². The van der Waals surface area contributed by atoms with Gasteiger partial charge in [0, 0.05) is 44.0 Å². The highest BCUT2D eigenvalue weighted by Gasteiger charge is 2.24. The highest BCUT2D eigenvalue weighted by molar-refractivity contribution is 5.96. The van der Waals surface area contributed by atoms with Crippen molar-refractivity contribution in [1.29, 1.82) is 5.41 Å². The Morgan fingerprint density at radius 3 is 2.56 bits per heavy atom. The molecule has 0 aromatic heterocycles. The van der Waals surface area contributed by atoms with Gasteiger partial charge in [0.25, 0.3) is 0 Å². The maximum absolute atomic E-state index is 12.6. The van der Waals surface area contributed by atoms with Crippen LogP contribution in [0.1, 0.15) is 11.1 Å². The summed E-state index contributed by atoms with van der Waals surface area (Å²) in [5, 5.41) is 22.7. The normalized spacial score (nSPS) is 15.5. The van der Waals surface area contributed by atoms with E-state index in [1.807, 2.05) is 18.2 Å². The molecule has 4 rings (SSSR count). The minimum Gasteiger partial charge on any atom is -0.454 e. The number of nitrogens with one attached hydrogen (secondary N) is 3. The Kier molecular flexibility index (Phi) is 9.34. The van der Waals surface area contributed by atoms with Gasteiger partial charge in [-0.05, 0) is 29.8 Å². The van der Waals surface area contributed by atoms with Crippen molar-refractivity contribution in [2.24, 2.45) is 5.73 Å². The van der Waals surface area contributed by atoms with E-state index in [1.54, 1.807) is 29.2 Å². The van der Waals surface area contributed by atoms with Gasteiger partial charge in [-0.15, -0.1) is 12.4 Å². The number of nitrogens with zero attached hydrogens (tertiary/aromatic N) is 2. The summed E-state index contributed by atoms with van der Waals surface area (Å²) < 4.78 is 10.8. The Morgan fingerprint density at radius 2 is 1.83 bits per heavy atom. The van der Waals surface area contributed by atoms with Gasteiger partial charge in [-0.25, -0.2) is 0 Å². The Morgan fingerprint density at radius 1 is 1.08 bits per heavy atom. The van der Waals surface area contributed by atoms with Crippen LogP contribution in [-0.4, -0.2) is 84.7 Å². The number of nitrogen functional groups attached to an aromatic ring is 1. The minimum atomic E-state index is -0.941. The van der Waals surface area contributed by atoms with E-state index in [9.17, 15) is 14.7 Å². The summed E-state index contributed by atoms with van der Waals surface area (Å²) in [6.07, 6.45) is 0. The molecule has 2 aliphatic rings. The van der Waals surface area contributed by atoms with Crippen LogP contribution in [0, 0.1) is 5.41 Å². The lowest BCUT2D eigenvalue weighted by Gasteiger charge is -2.35.